The second-order valence-electron chi connectivity index (χ2n) is 1.81. The van der Waals surface area contributed by atoms with Gasteiger partial charge in [-0.3, -0.25) is 0 Å². The molecule has 0 saturated heterocycles. The van der Waals surface area contributed by atoms with Crippen LogP contribution in [0.15, 0.2) is 0 Å². The molecule has 0 unspecified atom stereocenters. The molecule has 0 saturated carbocycles. The number of nitrogens with two attached hydrogens (primary N) is 3. The first-order chi connectivity index (χ1) is 7.11. The fourth-order valence-corrected chi connectivity index (χ4v) is 0. The normalized spacial score (nSPS) is 6.00. The minimum Gasteiger partial charge on any atom is -0.415 e. The molecule has 0 atom stereocenters. The third-order valence-corrected chi connectivity index (χ3v) is 0.354. The van der Waals surface area contributed by atoms with Gasteiger partial charge in [-0.2, -0.15) is 6.42 Å². The van der Waals surface area contributed by atoms with Crippen molar-refractivity contribution in [3.63, 3.8) is 0 Å². The summed E-state index contributed by atoms with van der Waals surface area (Å²) in [5, 5.41) is 0. The van der Waals surface area contributed by atoms with E-state index in [1.54, 1.807) is 0 Å². The minimum atomic E-state index is 0. The maximum Gasteiger partial charge on any atom is 4.00 e. The monoisotopic (exact) mass is 431 g/mol. The van der Waals surface area contributed by atoms with Crippen molar-refractivity contribution in [1.82, 2.24) is 0 Å². The summed E-state index contributed by atoms with van der Waals surface area (Å²) in [6, 6.07) is 0. The van der Waals surface area contributed by atoms with E-state index in [2.05, 4.69) is 106 Å². The summed E-state index contributed by atoms with van der Waals surface area (Å²) in [5.41, 5.74) is 14.0. The predicted octanol–water partition coefficient (Wildman–Crippen LogP) is 0.949. The molecule has 0 amide bonds. The molecule has 0 aromatic rings. The van der Waals surface area contributed by atoms with Gasteiger partial charge >= 0.3 is 21.1 Å². The van der Waals surface area contributed by atoms with Crippen LogP contribution in [0, 0.1) is 6.92 Å². The van der Waals surface area contributed by atoms with Gasteiger partial charge in [-0.15, -0.1) is 0 Å². The number of hydrogen-bond acceptors (Lipinski definition) is 6. The molecule has 0 bridgehead atoms. The number of hydrogen-bond donors (Lipinski definition) is 3. The SMILES string of the molecule is NC(=S)[S-].NC(=S)[S-].NC(=S)[S-].[CH2-]CCC.[Mo+4]. The fraction of sp³-hybridized carbons (Fsp3) is 0.429. The van der Waals surface area contributed by atoms with Gasteiger partial charge in [0.2, 0.25) is 0 Å². The van der Waals surface area contributed by atoms with Gasteiger partial charge in [0.25, 0.3) is 0 Å². The van der Waals surface area contributed by atoms with Crippen molar-refractivity contribution >= 4 is 87.5 Å². The van der Waals surface area contributed by atoms with E-state index in [0.29, 0.717) is 0 Å². The second-order valence-corrected chi connectivity index (χ2v) is 5.22. The third-order valence-electron chi connectivity index (χ3n) is 0.354. The van der Waals surface area contributed by atoms with Gasteiger partial charge in [-0.1, -0.05) is 26.3 Å². The molecule has 0 aromatic heterocycles. The molecule has 0 aliphatic carbocycles. The third kappa shape index (κ3) is 942. The van der Waals surface area contributed by atoms with Gasteiger partial charge in [0, 0.05) is 0 Å². The fourth-order valence-electron chi connectivity index (χ4n) is 0. The smallest absolute Gasteiger partial charge is 0.415 e. The molecule has 0 radical (unpaired) electrons. The van der Waals surface area contributed by atoms with E-state index in [-0.39, 0.29) is 34.0 Å². The Kier molecular flexibility index (Phi) is 54.8. The molecule has 0 aliphatic rings. The summed E-state index contributed by atoms with van der Waals surface area (Å²) >= 11 is 24.8. The van der Waals surface area contributed by atoms with Crippen molar-refractivity contribution in [2.75, 3.05) is 0 Å². The molecule has 10 heteroatoms. The Labute approximate surface area is 151 Å². The average Bonchev–Trinajstić information content (AvgIpc) is 2.00. The number of thiocarbonyl (C=S) groups is 3. The van der Waals surface area contributed by atoms with Gasteiger partial charge in [0.15, 0.2) is 0 Å². The zero-order valence-corrected chi connectivity index (χ0v) is 16.1. The van der Waals surface area contributed by atoms with Gasteiger partial charge in [-0.25, -0.2) is 0 Å². The van der Waals surface area contributed by atoms with Crippen molar-refractivity contribution in [3.8, 4) is 0 Å². The van der Waals surface area contributed by atoms with E-state index >= 15 is 0 Å². The Morgan fingerprint density at radius 1 is 0.941 bits per heavy atom. The quantitative estimate of drug-likeness (QED) is 0.244. The van der Waals surface area contributed by atoms with Gasteiger partial charge in [0.05, 0.1) is 0 Å². The molecule has 17 heavy (non-hydrogen) atoms. The Balaban J connectivity index is -0.0000000369. The molecule has 3 nitrogen and oxygen atoms in total. The molecule has 0 spiro atoms. The topological polar surface area (TPSA) is 78.1 Å². The van der Waals surface area contributed by atoms with Crippen LogP contribution < -0.4 is 17.2 Å². The van der Waals surface area contributed by atoms with Crippen LogP contribution in [0.1, 0.15) is 19.8 Å². The Morgan fingerprint density at radius 3 is 1.00 bits per heavy atom. The molecular formula is C7H15MoN3S6. The van der Waals surface area contributed by atoms with Crippen LogP contribution in [0.3, 0.4) is 0 Å². The zero-order valence-electron chi connectivity index (χ0n) is 9.21. The zero-order chi connectivity index (χ0) is 14.1. The molecule has 100 valence electrons. The van der Waals surface area contributed by atoms with Crippen molar-refractivity contribution in [2.45, 2.75) is 19.8 Å². The summed E-state index contributed by atoms with van der Waals surface area (Å²) in [7, 11) is 0. The molecule has 0 heterocycles. The van der Waals surface area contributed by atoms with E-state index in [1.807, 2.05) is 0 Å². The largest absolute Gasteiger partial charge is 4.00 e. The first-order valence-corrected chi connectivity index (χ1v) is 6.25. The molecule has 0 rings (SSSR count). The maximum atomic E-state index is 4.66. The Hall–Kier alpha value is 1.02. The van der Waals surface area contributed by atoms with Crippen LogP contribution in [0.5, 0.6) is 0 Å². The predicted molar refractivity (Wildman–Crippen MR) is 92.7 cm³/mol. The van der Waals surface area contributed by atoms with Crippen molar-refractivity contribution < 1.29 is 21.1 Å². The number of rotatable bonds is 1. The van der Waals surface area contributed by atoms with E-state index in [0.717, 1.165) is 6.42 Å². The molecule has 6 N–H and O–H groups in total. The maximum absolute atomic E-state index is 4.66. The van der Waals surface area contributed by atoms with E-state index in [9.17, 15) is 0 Å². The van der Waals surface area contributed by atoms with E-state index < -0.39 is 0 Å². The van der Waals surface area contributed by atoms with Crippen molar-refractivity contribution in [1.29, 1.82) is 0 Å². The first kappa shape index (κ1) is 30.8. The molecular weight excluding hydrogens is 414 g/mol. The van der Waals surface area contributed by atoms with Gasteiger partial charge in [-0.05, 0) is 0 Å². The van der Waals surface area contributed by atoms with E-state index in [1.165, 1.54) is 6.42 Å². The summed E-state index contributed by atoms with van der Waals surface area (Å²) in [5.74, 6) is 0. The van der Waals surface area contributed by atoms with Crippen LogP contribution in [0.4, 0.5) is 0 Å². The Morgan fingerprint density at radius 2 is 1.00 bits per heavy atom. The van der Waals surface area contributed by atoms with E-state index in [4.69, 9.17) is 0 Å². The van der Waals surface area contributed by atoms with Crippen LogP contribution >= 0.6 is 36.7 Å². The summed E-state index contributed by atoms with van der Waals surface area (Å²) in [4.78, 5) is 0. The van der Waals surface area contributed by atoms with Crippen molar-refractivity contribution in [2.24, 2.45) is 17.2 Å². The van der Waals surface area contributed by atoms with Crippen molar-refractivity contribution in [3.05, 3.63) is 6.92 Å². The molecule has 0 aromatic carbocycles. The van der Waals surface area contributed by atoms with Crippen LogP contribution in [-0.4, -0.2) is 13.0 Å². The number of unbranched alkanes of at least 4 members (excludes halogenated alkanes) is 1. The summed E-state index contributed by atoms with van der Waals surface area (Å²) in [6.45, 7) is 5.72. The standard InChI is InChI=1S/C4H9.3CH3NS2.Mo/c1-3-4-2;3*2-1(3)4;/h1,3-4H2,2H3;3*(H3,2,3,4);/q-1;;;;+4/p-3. The van der Waals surface area contributed by atoms with Gasteiger partial charge in [0.1, 0.15) is 0 Å². The Bertz CT molecular complexity index is 148. The minimum absolute atomic E-state index is 0. The first-order valence-electron chi connectivity index (χ1n) is 3.80. The molecule has 0 aliphatic heterocycles. The van der Waals surface area contributed by atoms with Gasteiger partial charge < -0.3 is 98.7 Å². The van der Waals surface area contributed by atoms with Crippen LogP contribution in [-0.2, 0) is 59.0 Å². The summed E-state index contributed by atoms with van der Waals surface area (Å²) in [6.07, 6.45) is 2.28. The molecule has 0 fully saturated rings. The van der Waals surface area contributed by atoms with Crippen LogP contribution in [0.2, 0.25) is 0 Å². The average molecular weight is 430 g/mol. The summed E-state index contributed by atoms with van der Waals surface area (Å²) < 4.78 is 0.250. The van der Waals surface area contributed by atoms with Crippen LogP contribution in [0.25, 0.3) is 0 Å². The second kappa shape index (κ2) is 30.2.